The normalized spacial score (nSPS) is 10.2. The number of aromatic nitrogens is 4. The van der Waals surface area contributed by atoms with Gasteiger partial charge in [-0.2, -0.15) is 5.10 Å². The second-order valence-corrected chi connectivity index (χ2v) is 4.80. The van der Waals surface area contributed by atoms with E-state index in [1.165, 1.54) is 25.2 Å². The SMILES string of the molecule is COc1cc(OC)cc(C(=O)Nc2ccc(-n3cncn3)nc2)c1. The van der Waals surface area contributed by atoms with E-state index in [0.29, 0.717) is 28.6 Å². The predicted molar refractivity (Wildman–Crippen MR) is 86.7 cm³/mol. The minimum Gasteiger partial charge on any atom is -0.497 e. The maximum absolute atomic E-state index is 12.4. The van der Waals surface area contributed by atoms with E-state index < -0.39 is 0 Å². The quantitative estimate of drug-likeness (QED) is 0.771. The summed E-state index contributed by atoms with van der Waals surface area (Å²) in [7, 11) is 3.06. The van der Waals surface area contributed by atoms with Gasteiger partial charge >= 0.3 is 0 Å². The van der Waals surface area contributed by atoms with Gasteiger partial charge in [-0.3, -0.25) is 4.79 Å². The molecule has 3 aromatic rings. The highest BCUT2D eigenvalue weighted by molar-refractivity contribution is 6.04. The van der Waals surface area contributed by atoms with Crippen molar-refractivity contribution in [2.75, 3.05) is 19.5 Å². The Balaban J connectivity index is 1.77. The van der Waals surface area contributed by atoms with Gasteiger partial charge < -0.3 is 14.8 Å². The van der Waals surface area contributed by atoms with Gasteiger partial charge in [0, 0.05) is 11.6 Å². The molecule has 0 radical (unpaired) electrons. The zero-order valence-electron chi connectivity index (χ0n) is 13.1. The highest BCUT2D eigenvalue weighted by Crippen LogP contribution is 2.23. The Hall–Kier alpha value is -3.42. The number of hydrogen-bond donors (Lipinski definition) is 1. The fourth-order valence-corrected chi connectivity index (χ4v) is 2.06. The number of anilines is 1. The van der Waals surface area contributed by atoms with Crippen LogP contribution in [0.1, 0.15) is 10.4 Å². The molecule has 8 heteroatoms. The standard InChI is InChI=1S/C16H15N5O3/c1-23-13-5-11(6-14(7-13)24-2)16(22)20-12-3-4-15(18-8-12)21-10-17-9-19-21/h3-10H,1-2H3,(H,20,22). The number of carbonyl (C=O) groups is 1. The van der Waals surface area contributed by atoms with E-state index in [2.05, 4.69) is 20.4 Å². The van der Waals surface area contributed by atoms with Gasteiger partial charge in [0.1, 0.15) is 24.2 Å². The third kappa shape index (κ3) is 3.32. The molecule has 122 valence electrons. The molecule has 0 saturated carbocycles. The molecule has 0 aliphatic rings. The van der Waals surface area contributed by atoms with E-state index in [4.69, 9.17) is 9.47 Å². The van der Waals surface area contributed by atoms with Crippen molar-refractivity contribution in [1.29, 1.82) is 0 Å². The molecule has 0 aliphatic carbocycles. The molecule has 1 N–H and O–H groups in total. The number of nitrogens with zero attached hydrogens (tertiary/aromatic N) is 4. The van der Waals surface area contributed by atoms with Gasteiger partial charge in [0.2, 0.25) is 0 Å². The number of nitrogens with one attached hydrogen (secondary N) is 1. The fraction of sp³-hybridized carbons (Fsp3) is 0.125. The summed E-state index contributed by atoms with van der Waals surface area (Å²) >= 11 is 0. The summed E-state index contributed by atoms with van der Waals surface area (Å²) in [5.74, 6) is 1.40. The van der Waals surface area contributed by atoms with Crippen LogP contribution in [0.2, 0.25) is 0 Å². The van der Waals surface area contributed by atoms with Crippen molar-refractivity contribution < 1.29 is 14.3 Å². The van der Waals surface area contributed by atoms with E-state index >= 15 is 0 Å². The molecule has 0 spiro atoms. The van der Waals surface area contributed by atoms with Crippen LogP contribution in [0.5, 0.6) is 11.5 Å². The minimum absolute atomic E-state index is 0.289. The van der Waals surface area contributed by atoms with Crippen molar-refractivity contribution in [2.24, 2.45) is 0 Å². The number of ether oxygens (including phenoxy) is 2. The number of pyridine rings is 1. The summed E-state index contributed by atoms with van der Waals surface area (Å²) in [6, 6.07) is 8.44. The molecule has 0 aliphatic heterocycles. The molecule has 24 heavy (non-hydrogen) atoms. The predicted octanol–water partition coefficient (Wildman–Crippen LogP) is 1.93. The van der Waals surface area contributed by atoms with Gasteiger partial charge in [-0.25, -0.2) is 14.6 Å². The first-order valence-electron chi connectivity index (χ1n) is 7.05. The van der Waals surface area contributed by atoms with Gasteiger partial charge in [0.15, 0.2) is 5.82 Å². The maximum Gasteiger partial charge on any atom is 0.255 e. The van der Waals surface area contributed by atoms with Crippen molar-refractivity contribution in [3.63, 3.8) is 0 Å². The van der Waals surface area contributed by atoms with Gasteiger partial charge in [-0.15, -0.1) is 0 Å². The van der Waals surface area contributed by atoms with Crippen molar-refractivity contribution >= 4 is 11.6 Å². The van der Waals surface area contributed by atoms with Crippen LogP contribution in [0, 0.1) is 0 Å². The monoisotopic (exact) mass is 325 g/mol. The Labute approximate surface area is 138 Å². The fourth-order valence-electron chi connectivity index (χ4n) is 2.06. The van der Waals surface area contributed by atoms with Crippen LogP contribution in [0.4, 0.5) is 5.69 Å². The third-order valence-corrected chi connectivity index (χ3v) is 3.27. The first-order chi connectivity index (χ1) is 11.7. The zero-order chi connectivity index (χ0) is 16.9. The minimum atomic E-state index is -0.289. The van der Waals surface area contributed by atoms with E-state index in [9.17, 15) is 4.79 Å². The molecule has 3 rings (SSSR count). The molecule has 0 atom stereocenters. The van der Waals surface area contributed by atoms with Crippen molar-refractivity contribution in [2.45, 2.75) is 0 Å². The molecule has 8 nitrogen and oxygen atoms in total. The molecule has 0 fully saturated rings. The summed E-state index contributed by atoms with van der Waals surface area (Å²) < 4.78 is 11.9. The summed E-state index contributed by atoms with van der Waals surface area (Å²) in [6.45, 7) is 0. The van der Waals surface area contributed by atoms with Crippen LogP contribution < -0.4 is 14.8 Å². The summed E-state index contributed by atoms with van der Waals surface area (Å²) in [4.78, 5) is 20.5. The van der Waals surface area contributed by atoms with Crippen LogP contribution >= 0.6 is 0 Å². The molecule has 1 amide bonds. The molecule has 0 unspecified atom stereocenters. The van der Waals surface area contributed by atoms with Crippen LogP contribution in [-0.2, 0) is 0 Å². The smallest absolute Gasteiger partial charge is 0.255 e. The molecular weight excluding hydrogens is 310 g/mol. The third-order valence-electron chi connectivity index (χ3n) is 3.27. The lowest BCUT2D eigenvalue weighted by Crippen LogP contribution is -2.12. The number of carbonyl (C=O) groups excluding carboxylic acids is 1. The topological polar surface area (TPSA) is 91.2 Å². The Kier molecular flexibility index (Phi) is 4.37. The largest absolute Gasteiger partial charge is 0.497 e. The van der Waals surface area contributed by atoms with E-state index in [1.807, 2.05) is 0 Å². The average Bonchev–Trinajstić information content (AvgIpc) is 3.16. The van der Waals surface area contributed by atoms with Gasteiger partial charge in [-0.05, 0) is 24.3 Å². The molecule has 2 aromatic heterocycles. The summed E-state index contributed by atoms with van der Waals surface area (Å²) in [5, 5.41) is 6.77. The molecule has 2 heterocycles. The Morgan fingerprint density at radius 3 is 2.42 bits per heavy atom. The average molecular weight is 325 g/mol. The Morgan fingerprint density at radius 2 is 1.88 bits per heavy atom. The molecule has 0 saturated heterocycles. The maximum atomic E-state index is 12.4. The Morgan fingerprint density at radius 1 is 1.12 bits per heavy atom. The lowest BCUT2D eigenvalue weighted by molar-refractivity contribution is 0.102. The molecule has 0 bridgehead atoms. The highest BCUT2D eigenvalue weighted by Gasteiger charge is 2.10. The lowest BCUT2D eigenvalue weighted by Gasteiger charge is -2.09. The molecule has 1 aromatic carbocycles. The van der Waals surface area contributed by atoms with E-state index in [1.54, 1.807) is 42.9 Å². The number of rotatable bonds is 5. The summed E-state index contributed by atoms with van der Waals surface area (Å²) in [5.41, 5.74) is 0.984. The zero-order valence-corrected chi connectivity index (χ0v) is 13.1. The van der Waals surface area contributed by atoms with Crippen LogP contribution in [-0.4, -0.2) is 39.9 Å². The number of hydrogen-bond acceptors (Lipinski definition) is 6. The summed E-state index contributed by atoms with van der Waals surface area (Å²) in [6.07, 6.45) is 4.52. The van der Waals surface area contributed by atoms with E-state index in [-0.39, 0.29) is 5.91 Å². The van der Waals surface area contributed by atoms with Crippen LogP contribution in [0.15, 0.2) is 49.2 Å². The van der Waals surface area contributed by atoms with E-state index in [0.717, 1.165) is 0 Å². The van der Waals surface area contributed by atoms with Crippen molar-refractivity contribution in [1.82, 2.24) is 19.7 Å². The number of methoxy groups -OCH3 is 2. The Bertz CT molecular complexity index is 809. The second kappa shape index (κ2) is 6.78. The number of benzene rings is 1. The van der Waals surface area contributed by atoms with Crippen molar-refractivity contribution in [3.05, 3.63) is 54.7 Å². The lowest BCUT2D eigenvalue weighted by atomic mass is 10.2. The highest BCUT2D eigenvalue weighted by atomic mass is 16.5. The number of amides is 1. The van der Waals surface area contributed by atoms with Gasteiger partial charge in [-0.1, -0.05) is 0 Å². The second-order valence-electron chi connectivity index (χ2n) is 4.80. The van der Waals surface area contributed by atoms with Gasteiger partial charge in [0.25, 0.3) is 5.91 Å². The van der Waals surface area contributed by atoms with Crippen LogP contribution in [0.25, 0.3) is 5.82 Å². The van der Waals surface area contributed by atoms with Crippen LogP contribution in [0.3, 0.4) is 0 Å². The molecular formula is C16H15N5O3. The van der Waals surface area contributed by atoms with Gasteiger partial charge in [0.05, 0.1) is 26.1 Å². The first kappa shape index (κ1) is 15.5. The first-order valence-corrected chi connectivity index (χ1v) is 7.05. The van der Waals surface area contributed by atoms with Crippen molar-refractivity contribution in [3.8, 4) is 17.3 Å².